The van der Waals surface area contributed by atoms with Crippen LogP contribution in [0.1, 0.15) is 24.3 Å². The van der Waals surface area contributed by atoms with Crippen LogP contribution in [0.4, 0.5) is 5.82 Å². The van der Waals surface area contributed by atoms with E-state index >= 15 is 0 Å². The Morgan fingerprint density at radius 2 is 2.27 bits per heavy atom. The Bertz CT molecular complexity index is 354. The van der Waals surface area contributed by atoms with Crippen LogP contribution in [0.25, 0.3) is 0 Å². The number of nitrogens with zero attached hydrogens (tertiary/aromatic N) is 4. The molecular weight excluding hydrogens is 196 g/mol. The smallest absolute Gasteiger partial charge is 0.269 e. The predicted octanol–water partition coefficient (Wildman–Crippen LogP) is 0.849. The molecule has 1 aromatic heterocycles. The Morgan fingerprint density at radius 3 is 2.80 bits per heavy atom. The second kappa shape index (κ2) is 5.08. The topological polar surface area (TPSA) is 99.7 Å². The van der Waals surface area contributed by atoms with Gasteiger partial charge in [0.2, 0.25) is 5.82 Å². The van der Waals surface area contributed by atoms with E-state index in [1.165, 1.54) is 6.33 Å². The average molecular weight is 210 g/mol. The number of H-pyrrole nitrogens is 1. The largest absolute Gasteiger partial charge is 0.364 e. The van der Waals surface area contributed by atoms with Crippen molar-refractivity contribution in [3.8, 4) is 0 Å². The lowest BCUT2D eigenvalue weighted by molar-refractivity contribution is 0.0996. The highest BCUT2D eigenvalue weighted by Crippen LogP contribution is 2.13. The highest BCUT2D eigenvalue weighted by atomic mass is 16.1. The number of nitrogens with one attached hydrogen (secondary N) is 1. The molecular formula is C8H14N6O. The highest BCUT2D eigenvalue weighted by molar-refractivity contribution is 5.94. The summed E-state index contributed by atoms with van der Waals surface area (Å²) in [5.41, 5.74) is 5.28. The number of primary amides is 1. The lowest BCUT2D eigenvalue weighted by atomic mass is 10.4. The fourth-order valence-electron chi connectivity index (χ4n) is 1.000. The molecule has 0 atom stereocenters. The van der Waals surface area contributed by atoms with Crippen molar-refractivity contribution >= 4 is 11.7 Å². The van der Waals surface area contributed by atoms with E-state index in [9.17, 15) is 4.79 Å². The molecule has 0 fully saturated rings. The maximum absolute atomic E-state index is 10.9. The maximum atomic E-state index is 10.9. The van der Waals surface area contributed by atoms with E-state index in [1.54, 1.807) is 5.01 Å². The summed E-state index contributed by atoms with van der Waals surface area (Å²) in [5, 5.41) is 9.49. The molecule has 7 heteroatoms. The molecule has 7 nitrogen and oxygen atoms in total. The van der Waals surface area contributed by atoms with Crippen LogP contribution < -0.4 is 5.73 Å². The third-order valence-corrected chi connectivity index (χ3v) is 1.86. The number of rotatable bonds is 5. The van der Waals surface area contributed by atoms with Crippen LogP contribution in [0, 0.1) is 0 Å². The minimum atomic E-state index is -0.596. The first kappa shape index (κ1) is 11.2. The first-order chi connectivity index (χ1) is 7.19. The van der Waals surface area contributed by atoms with Crippen LogP contribution >= 0.6 is 0 Å². The predicted molar refractivity (Wildman–Crippen MR) is 54.5 cm³/mol. The zero-order valence-corrected chi connectivity index (χ0v) is 8.77. The molecule has 0 saturated carbocycles. The minimum absolute atomic E-state index is 0.172. The Labute approximate surface area is 87.4 Å². The van der Waals surface area contributed by atoms with E-state index in [-0.39, 0.29) is 11.5 Å². The van der Waals surface area contributed by atoms with Gasteiger partial charge >= 0.3 is 0 Å². The Kier molecular flexibility index (Phi) is 3.78. The molecule has 1 amide bonds. The third kappa shape index (κ3) is 2.76. The molecule has 0 bridgehead atoms. The molecule has 82 valence electrons. The van der Waals surface area contributed by atoms with E-state index in [0.29, 0.717) is 0 Å². The summed E-state index contributed by atoms with van der Waals surface area (Å²) >= 11 is 0. The number of imidazole rings is 1. The molecule has 3 N–H and O–H groups in total. The van der Waals surface area contributed by atoms with Gasteiger partial charge in [-0.05, 0) is 13.8 Å². The Hall–Kier alpha value is -1.92. The summed E-state index contributed by atoms with van der Waals surface area (Å²) in [6.07, 6.45) is 1.36. The van der Waals surface area contributed by atoms with Crippen LogP contribution in [0.15, 0.2) is 16.7 Å². The van der Waals surface area contributed by atoms with E-state index in [0.717, 1.165) is 13.1 Å². The molecule has 15 heavy (non-hydrogen) atoms. The van der Waals surface area contributed by atoms with Crippen LogP contribution in [-0.4, -0.2) is 34.0 Å². The lowest BCUT2D eigenvalue weighted by Gasteiger charge is -2.10. The summed E-state index contributed by atoms with van der Waals surface area (Å²) in [6, 6.07) is 0. The van der Waals surface area contributed by atoms with Crippen molar-refractivity contribution in [2.45, 2.75) is 13.8 Å². The van der Waals surface area contributed by atoms with Crippen molar-refractivity contribution in [2.24, 2.45) is 16.1 Å². The zero-order chi connectivity index (χ0) is 11.3. The van der Waals surface area contributed by atoms with Gasteiger partial charge in [-0.2, -0.15) is 0 Å². The molecule has 0 unspecified atom stereocenters. The molecule has 0 aliphatic carbocycles. The normalized spacial score (nSPS) is 10.8. The standard InChI is InChI=1S/C8H14N6O/c1-3-14(4-2)13-12-8-6(7(9)15)10-5-11-8/h5H,3-4H2,1-2H3,(H2,9,15)(H,10,11)/b13-12-. The fourth-order valence-corrected chi connectivity index (χ4v) is 1.000. The molecule has 0 radical (unpaired) electrons. The number of hydrogen-bond donors (Lipinski definition) is 2. The summed E-state index contributed by atoms with van der Waals surface area (Å²) in [6.45, 7) is 5.41. The van der Waals surface area contributed by atoms with E-state index in [1.807, 2.05) is 13.8 Å². The van der Waals surface area contributed by atoms with Crippen molar-refractivity contribution in [3.63, 3.8) is 0 Å². The number of carbonyl (C=O) groups is 1. The minimum Gasteiger partial charge on any atom is -0.364 e. The van der Waals surface area contributed by atoms with Crippen molar-refractivity contribution in [1.82, 2.24) is 15.0 Å². The monoisotopic (exact) mass is 210 g/mol. The lowest BCUT2D eigenvalue weighted by Crippen LogP contribution is -2.15. The molecule has 0 saturated heterocycles. The van der Waals surface area contributed by atoms with Gasteiger partial charge in [0.15, 0.2) is 5.69 Å². The van der Waals surface area contributed by atoms with Gasteiger partial charge in [0.25, 0.3) is 5.91 Å². The van der Waals surface area contributed by atoms with Gasteiger partial charge in [-0.15, -0.1) is 5.11 Å². The van der Waals surface area contributed by atoms with Crippen LogP contribution in [0.2, 0.25) is 0 Å². The summed E-state index contributed by atoms with van der Waals surface area (Å²) in [5.74, 6) is -0.379. The Balaban J connectivity index is 2.79. The molecule has 0 aliphatic heterocycles. The second-order valence-corrected chi connectivity index (χ2v) is 2.79. The van der Waals surface area contributed by atoms with Crippen LogP contribution in [0.5, 0.6) is 0 Å². The molecule has 1 aromatic rings. The van der Waals surface area contributed by atoms with Gasteiger partial charge in [-0.3, -0.25) is 9.80 Å². The first-order valence-corrected chi connectivity index (χ1v) is 4.68. The Morgan fingerprint density at radius 1 is 1.60 bits per heavy atom. The highest BCUT2D eigenvalue weighted by Gasteiger charge is 2.10. The number of aromatic amines is 1. The summed E-state index contributed by atoms with van der Waals surface area (Å²) in [4.78, 5) is 17.3. The average Bonchev–Trinajstić information content (AvgIpc) is 2.67. The van der Waals surface area contributed by atoms with Gasteiger partial charge in [0, 0.05) is 13.1 Å². The first-order valence-electron chi connectivity index (χ1n) is 4.68. The number of carbonyl (C=O) groups excluding carboxylic acids is 1. The van der Waals surface area contributed by atoms with Crippen molar-refractivity contribution in [3.05, 3.63) is 12.0 Å². The molecule has 0 aromatic carbocycles. The number of nitrogens with two attached hydrogens (primary N) is 1. The third-order valence-electron chi connectivity index (χ3n) is 1.86. The van der Waals surface area contributed by atoms with E-state index in [2.05, 4.69) is 20.3 Å². The number of hydrogen-bond acceptors (Lipinski definition) is 4. The molecule has 1 rings (SSSR count). The van der Waals surface area contributed by atoms with Crippen molar-refractivity contribution in [2.75, 3.05) is 13.1 Å². The van der Waals surface area contributed by atoms with Crippen molar-refractivity contribution < 1.29 is 4.79 Å². The quantitative estimate of drug-likeness (QED) is 0.556. The SMILES string of the molecule is CCN(CC)/N=N\c1nc[nH]c1C(N)=O. The zero-order valence-electron chi connectivity index (χ0n) is 8.77. The number of amides is 1. The van der Waals surface area contributed by atoms with Gasteiger partial charge in [-0.25, -0.2) is 4.98 Å². The van der Waals surface area contributed by atoms with Crippen LogP contribution in [-0.2, 0) is 0 Å². The van der Waals surface area contributed by atoms with E-state index in [4.69, 9.17) is 5.73 Å². The molecule has 0 spiro atoms. The van der Waals surface area contributed by atoms with Gasteiger partial charge in [0.05, 0.1) is 6.33 Å². The number of aromatic nitrogens is 2. The van der Waals surface area contributed by atoms with E-state index < -0.39 is 5.91 Å². The molecule has 1 heterocycles. The molecule has 0 aliphatic rings. The van der Waals surface area contributed by atoms with Crippen LogP contribution in [0.3, 0.4) is 0 Å². The second-order valence-electron chi connectivity index (χ2n) is 2.79. The van der Waals surface area contributed by atoms with Gasteiger partial charge in [-0.1, -0.05) is 5.22 Å². The van der Waals surface area contributed by atoms with Crippen molar-refractivity contribution in [1.29, 1.82) is 0 Å². The summed E-state index contributed by atoms with van der Waals surface area (Å²) < 4.78 is 0. The maximum Gasteiger partial charge on any atom is 0.269 e. The summed E-state index contributed by atoms with van der Waals surface area (Å²) in [7, 11) is 0. The fraction of sp³-hybridized carbons (Fsp3) is 0.500. The van der Waals surface area contributed by atoms with Gasteiger partial charge in [0.1, 0.15) is 0 Å². The van der Waals surface area contributed by atoms with Gasteiger partial charge < -0.3 is 10.7 Å².